The number of rotatable bonds is 6. The van der Waals surface area contributed by atoms with Crippen molar-refractivity contribution in [1.29, 1.82) is 0 Å². The maximum absolute atomic E-state index is 13.5. The van der Waals surface area contributed by atoms with Crippen LogP contribution in [0.15, 0.2) is 88.8 Å². The van der Waals surface area contributed by atoms with Gasteiger partial charge in [0.1, 0.15) is 17.0 Å². The molecule has 0 bridgehead atoms. The lowest BCUT2D eigenvalue weighted by Crippen LogP contribution is -2.31. The Morgan fingerprint density at radius 1 is 1.02 bits per heavy atom. The van der Waals surface area contributed by atoms with Gasteiger partial charge in [-0.25, -0.2) is 9.78 Å². The highest BCUT2D eigenvalue weighted by atomic mass is 19.4. The summed E-state index contributed by atoms with van der Waals surface area (Å²) in [5.41, 5.74) is -0.573. The molecule has 8 nitrogen and oxygen atoms in total. The van der Waals surface area contributed by atoms with Crippen molar-refractivity contribution < 1.29 is 27.5 Å². The number of hydrogen-bond acceptors (Lipinski definition) is 6. The van der Waals surface area contributed by atoms with Gasteiger partial charge in [-0.2, -0.15) is 13.2 Å². The topological polar surface area (TPSA) is 103 Å². The molecule has 0 unspecified atom stereocenters. The zero-order chi connectivity index (χ0) is 28.4. The molecule has 1 aliphatic rings. The van der Waals surface area contributed by atoms with Crippen LogP contribution in [0.3, 0.4) is 0 Å². The molecule has 202 valence electrons. The van der Waals surface area contributed by atoms with Crippen LogP contribution in [0.25, 0.3) is 16.7 Å². The summed E-state index contributed by atoms with van der Waals surface area (Å²) in [5, 5.41) is 2.48. The van der Waals surface area contributed by atoms with E-state index in [1.165, 1.54) is 0 Å². The molecule has 11 heteroatoms. The average Bonchev–Trinajstić information content (AvgIpc) is 3.51. The largest absolute Gasteiger partial charge is 0.464 e. The number of pyridine rings is 2. The number of benzene rings is 2. The van der Waals surface area contributed by atoms with Gasteiger partial charge < -0.3 is 10.1 Å². The summed E-state index contributed by atoms with van der Waals surface area (Å²) in [6, 6.07) is 16.4. The number of carbonyl (C=O) groups excluding carboxylic acids is 2. The maximum Gasteiger partial charge on any atom is 0.433 e. The van der Waals surface area contributed by atoms with Crippen molar-refractivity contribution in [2.45, 2.75) is 19.1 Å². The maximum atomic E-state index is 13.5. The zero-order valence-electron chi connectivity index (χ0n) is 21.0. The van der Waals surface area contributed by atoms with Gasteiger partial charge in [0.2, 0.25) is 0 Å². The van der Waals surface area contributed by atoms with Crippen molar-refractivity contribution >= 4 is 28.6 Å². The predicted molar refractivity (Wildman–Crippen MR) is 142 cm³/mol. The van der Waals surface area contributed by atoms with Gasteiger partial charge in [-0.05, 0) is 42.0 Å². The molecule has 4 aromatic rings. The lowest BCUT2D eigenvalue weighted by atomic mass is 10.0. The van der Waals surface area contributed by atoms with Crippen molar-refractivity contribution in [2.24, 2.45) is 4.99 Å². The molecule has 3 heterocycles. The number of methoxy groups -OCH3 is 1. The minimum absolute atomic E-state index is 0.163. The Bertz CT molecular complexity index is 1740. The van der Waals surface area contributed by atoms with Crippen molar-refractivity contribution in [2.75, 3.05) is 7.11 Å². The molecule has 1 aliphatic heterocycles. The number of aliphatic imine (C=N–C) groups is 1. The minimum atomic E-state index is -4.79. The van der Waals surface area contributed by atoms with Gasteiger partial charge >= 0.3 is 12.1 Å². The van der Waals surface area contributed by atoms with E-state index < -0.39 is 35.7 Å². The van der Waals surface area contributed by atoms with Crippen molar-refractivity contribution in [3.63, 3.8) is 0 Å². The van der Waals surface area contributed by atoms with Crippen LogP contribution in [-0.2, 0) is 17.5 Å². The molecule has 0 saturated carbocycles. The predicted octanol–water partition coefficient (Wildman–Crippen LogP) is 4.83. The Hall–Kier alpha value is -5.06. The van der Waals surface area contributed by atoms with Gasteiger partial charge in [-0.3, -0.25) is 19.1 Å². The highest BCUT2D eigenvalue weighted by Crippen LogP contribution is 2.30. The molecule has 2 aromatic heterocycles. The molecule has 0 saturated heterocycles. The fourth-order valence-electron chi connectivity index (χ4n) is 4.41. The lowest BCUT2D eigenvalue weighted by Gasteiger charge is -2.19. The van der Waals surface area contributed by atoms with Gasteiger partial charge in [-0.1, -0.05) is 36.4 Å². The molecule has 0 spiro atoms. The second-order valence-electron chi connectivity index (χ2n) is 8.81. The highest BCUT2D eigenvalue weighted by molar-refractivity contribution is 6.04. The first-order chi connectivity index (χ1) is 19.2. The summed E-state index contributed by atoms with van der Waals surface area (Å²) >= 11 is 0. The van der Waals surface area contributed by atoms with Gasteiger partial charge in [-0.15, -0.1) is 0 Å². The van der Waals surface area contributed by atoms with Crippen LogP contribution in [-0.4, -0.2) is 34.2 Å². The summed E-state index contributed by atoms with van der Waals surface area (Å²) in [5.74, 6) is -1.51. The molecule has 5 rings (SSSR count). The SMILES string of the molecule is COC(=O)c1c(CNC(=O)c2ccc(C3=NC=CC3)cc2)c(=O)c2ccc(C(F)(F)F)nc2n1-c1ccccc1. The van der Waals surface area contributed by atoms with E-state index >= 15 is 0 Å². The van der Waals surface area contributed by atoms with E-state index in [-0.39, 0.29) is 28.0 Å². The van der Waals surface area contributed by atoms with Gasteiger partial charge in [0.25, 0.3) is 5.91 Å². The number of allylic oxidation sites excluding steroid dienone is 1. The standard InChI is InChI=1S/C29H21F3N4O4/c1-40-28(39)24-21(16-34-27(38)18-11-9-17(10-12-18)22-8-5-15-33-22)25(37)20-13-14-23(29(30,31)32)35-26(20)36(24)19-6-3-2-4-7-19/h2-7,9-15H,8,16H2,1H3,(H,34,38). The number of esters is 1. The van der Waals surface area contributed by atoms with Crippen LogP contribution in [0, 0.1) is 0 Å². The molecular weight excluding hydrogens is 525 g/mol. The molecule has 1 amide bonds. The van der Waals surface area contributed by atoms with E-state index in [2.05, 4.69) is 15.3 Å². The van der Waals surface area contributed by atoms with E-state index in [9.17, 15) is 27.6 Å². The highest BCUT2D eigenvalue weighted by Gasteiger charge is 2.34. The first kappa shape index (κ1) is 26.5. The summed E-state index contributed by atoms with van der Waals surface area (Å²) in [6.45, 7) is -0.399. The van der Waals surface area contributed by atoms with E-state index in [1.807, 2.05) is 6.08 Å². The second-order valence-corrected chi connectivity index (χ2v) is 8.81. The number of halogens is 3. The normalized spacial score (nSPS) is 12.8. The number of aromatic nitrogens is 2. The first-order valence-electron chi connectivity index (χ1n) is 12.1. The van der Waals surface area contributed by atoms with Gasteiger partial charge in [0.05, 0.1) is 23.8 Å². The van der Waals surface area contributed by atoms with E-state index in [0.717, 1.165) is 29.0 Å². The second kappa shape index (κ2) is 10.6. The van der Waals surface area contributed by atoms with Crippen LogP contribution in [0.5, 0.6) is 0 Å². The molecule has 40 heavy (non-hydrogen) atoms. The van der Waals surface area contributed by atoms with E-state index in [0.29, 0.717) is 18.1 Å². The lowest BCUT2D eigenvalue weighted by molar-refractivity contribution is -0.141. The van der Waals surface area contributed by atoms with Crippen LogP contribution in [0.1, 0.15) is 44.1 Å². The Labute approximate surface area is 225 Å². The van der Waals surface area contributed by atoms with Crippen molar-refractivity contribution in [3.05, 3.63) is 117 Å². The molecule has 0 atom stereocenters. The van der Waals surface area contributed by atoms with Crippen LogP contribution in [0.4, 0.5) is 13.2 Å². The molecule has 2 aromatic carbocycles. The summed E-state index contributed by atoms with van der Waals surface area (Å²) < 4.78 is 46.7. The third-order valence-electron chi connectivity index (χ3n) is 6.35. The average molecular weight is 547 g/mol. The summed E-state index contributed by atoms with van der Waals surface area (Å²) in [7, 11) is 1.08. The smallest absolute Gasteiger partial charge is 0.433 e. The fraction of sp³-hybridized carbons (Fsp3) is 0.138. The molecule has 0 fully saturated rings. The Kier molecular flexibility index (Phi) is 7.03. The number of nitrogens with zero attached hydrogens (tertiary/aromatic N) is 3. The number of nitrogens with one attached hydrogen (secondary N) is 1. The summed E-state index contributed by atoms with van der Waals surface area (Å²) in [4.78, 5) is 47.5. The Morgan fingerprint density at radius 2 is 1.75 bits per heavy atom. The van der Waals surface area contributed by atoms with Crippen molar-refractivity contribution in [3.8, 4) is 5.69 Å². The van der Waals surface area contributed by atoms with Crippen LogP contribution >= 0.6 is 0 Å². The summed E-state index contributed by atoms with van der Waals surface area (Å²) in [6.07, 6.45) is -0.475. The number of carbonyl (C=O) groups is 2. The van der Waals surface area contributed by atoms with Crippen LogP contribution in [0.2, 0.25) is 0 Å². The fourth-order valence-corrected chi connectivity index (χ4v) is 4.41. The number of amides is 1. The molecular formula is C29H21F3N4O4. The monoisotopic (exact) mass is 546 g/mol. The number of alkyl halides is 3. The Morgan fingerprint density at radius 3 is 2.38 bits per heavy atom. The van der Waals surface area contributed by atoms with Crippen molar-refractivity contribution in [1.82, 2.24) is 14.9 Å². The van der Waals surface area contributed by atoms with Gasteiger partial charge in [0, 0.05) is 30.4 Å². The first-order valence-corrected chi connectivity index (χ1v) is 12.1. The van der Waals surface area contributed by atoms with Crippen LogP contribution < -0.4 is 10.7 Å². The third kappa shape index (κ3) is 5.00. The molecule has 1 N–H and O–H groups in total. The Balaban J connectivity index is 1.60. The number of fused-ring (bicyclic) bond motifs is 1. The minimum Gasteiger partial charge on any atom is -0.464 e. The number of ether oxygens (including phenoxy) is 1. The molecule has 0 aliphatic carbocycles. The zero-order valence-corrected chi connectivity index (χ0v) is 21.0. The van der Waals surface area contributed by atoms with Gasteiger partial charge in [0.15, 0.2) is 5.43 Å². The molecule has 0 radical (unpaired) electrons. The third-order valence-corrected chi connectivity index (χ3v) is 6.35. The van der Waals surface area contributed by atoms with E-state index in [1.54, 1.807) is 60.8 Å². The number of hydrogen-bond donors (Lipinski definition) is 1. The van der Waals surface area contributed by atoms with E-state index in [4.69, 9.17) is 4.74 Å². The number of para-hydroxylation sites is 1. The quantitative estimate of drug-likeness (QED) is 0.349.